The molecule has 0 amide bonds. The number of halogens is 2. The van der Waals surface area contributed by atoms with Gasteiger partial charge >= 0.3 is 0 Å². The molecule has 4 rings (SSSR count). The molecule has 0 fully saturated rings. The summed E-state index contributed by atoms with van der Waals surface area (Å²) >= 11 is 12.1. The second kappa shape index (κ2) is 9.86. The number of hydrogen-bond acceptors (Lipinski definition) is 4. The lowest BCUT2D eigenvalue weighted by Crippen LogP contribution is -1.91. The zero-order chi connectivity index (χ0) is 23.4. The molecule has 0 radical (unpaired) electrons. The van der Waals surface area contributed by atoms with Crippen LogP contribution in [0.25, 0.3) is 22.3 Å². The van der Waals surface area contributed by atoms with E-state index in [9.17, 15) is 0 Å². The Hall–Kier alpha value is -3.34. The Kier molecular flexibility index (Phi) is 7.18. The zero-order valence-electron chi connectivity index (χ0n) is 18.0. The van der Waals surface area contributed by atoms with Crippen LogP contribution in [0.4, 0.5) is 22.7 Å². The fourth-order valence-electron chi connectivity index (χ4n) is 3.16. The van der Waals surface area contributed by atoms with Gasteiger partial charge in [-0.3, -0.25) is 0 Å². The highest BCUT2D eigenvalue weighted by Crippen LogP contribution is 2.37. The van der Waals surface area contributed by atoms with Crippen molar-refractivity contribution >= 4 is 46.0 Å². The molecule has 0 aliphatic rings. The predicted molar refractivity (Wildman–Crippen MR) is 141 cm³/mol. The van der Waals surface area contributed by atoms with Gasteiger partial charge in [-0.2, -0.15) is 0 Å². The molecule has 0 aliphatic heterocycles. The van der Waals surface area contributed by atoms with Gasteiger partial charge in [-0.15, -0.1) is 0 Å². The van der Waals surface area contributed by atoms with Crippen LogP contribution in [0.3, 0.4) is 0 Å². The van der Waals surface area contributed by atoms with Crippen molar-refractivity contribution < 1.29 is 0 Å². The molecular formula is C26H26Cl2N4. The van der Waals surface area contributed by atoms with Crippen LogP contribution in [0, 0.1) is 13.8 Å². The van der Waals surface area contributed by atoms with Crippen LogP contribution in [0.2, 0.25) is 10.0 Å². The third-order valence-electron chi connectivity index (χ3n) is 5.21. The van der Waals surface area contributed by atoms with Crippen molar-refractivity contribution in [3.05, 3.63) is 94.0 Å². The number of rotatable bonds is 2. The first-order valence-corrected chi connectivity index (χ1v) is 10.7. The summed E-state index contributed by atoms with van der Waals surface area (Å²) in [7, 11) is 0. The van der Waals surface area contributed by atoms with E-state index in [-0.39, 0.29) is 0 Å². The number of benzene rings is 4. The van der Waals surface area contributed by atoms with E-state index in [1.165, 1.54) is 11.1 Å². The van der Waals surface area contributed by atoms with Gasteiger partial charge in [-0.25, -0.2) is 0 Å². The van der Waals surface area contributed by atoms with Crippen molar-refractivity contribution in [2.75, 3.05) is 22.9 Å². The molecule has 0 heterocycles. The molecule has 4 aromatic carbocycles. The summed E-state index contributed by atoms with van der Waals surface area (Å²) in [6.45, 7) is 4.03. The lowest BCUT2D eigenvalue weighted by molar-refractivity contribution is 1.44. The molecule has 4 nitrogen and oxygen atoms in total. The van der Waals surface area contributed by atoms with Crippen molar-refractivity contribution in [1.29, 1.82) is 0 Å². The van der Waals surface area contributed by atoms with Crippen LogP contribution in [-0.4, -0.2) is 0 Å². The average Bonchev–Trinajstić information content (AvgIpc) is 2.77. The highest BCUT2D eigenvalue weighted by Gasteiger charge is 2.09. The first kappa shape index (κ1) is 23.3. The van der Waals surface area contributed by atoms with E-state index >= 15 is 0 Å². The summed E-state index contributed by atoms with van der Waals surface area (Å²) < 4.78 is 0. The van der Waals surface area contributed by atoms with E-state index in [4.69, 9.17) is 46.1 Å². The van der Waals surface area contributed by atoms with Crippen LogP contribution in [0.15, 0.2) is 72.8 Å². The molecule has 0 aromatic heterocycles. The summed E-state index contributed by atoms with van der Waals surface area (Å²) in [6.07, 6.45) is 0. The fraction of sp³-hybridized carbons (Fsp3) is 0.0769. The van der Waals surface area contributed by atoms with E-state index in [1.807, 2.05) is 68.4 Å². The van der Waals surface area contributed by atoms with Gasteiger partial charge in [0.1, 0.15) is 0 Å². The lowest BCUT2D eigenvalue weighted by Gasteiger charge is -2.08. The van der Waals surface area contributed by atoms with Crippen LogP contribution < -0.4 is 22.9 Å². The van der Waals surface area contributed by atoms with E-state index < -0.39 is 0 Å². The summed E-state index contributed by atoms with van der Waals surface area (Å²) in [6, 6.07) is 23.1. The zero-order valence-corrected chi connectivity index (χ0v) is 19.5. The average molecular weight is 465 g/mol. The molecule has 0 spiro atoms. The van der Waals surface area contributed by atoms with Crippen molar-refractivity contribution in [3.63, 3.8) is 0 Å². The van der Waals surface area contributed by atoms with Crippen LogP contribution >= 0.6 is 23.2 Å². The molecule has 0 saturated carbocycles. The summed E-state index contributed by atoms with van der Waals surface area (Å²) in [4.78, 5) is 0. The monoisotopic (exact) mass is 464 g/mol. The third-order valence-corrected chi connectivity index (χ3v) is 6.10. The molecule has 0 aliphatic carbocycles. The minimum absolute atomic E-state index is 0.385. The Morgan fingerprint density at radius 3 is 1.41 bits per heavy atom. The molecule has 0 bridgehead atoms. The quantitative estimate of drug-likeness (QED) is 0.240. The summed E-state index contributed by atoms with van der Waals surface area (Å²) in [5, 5.41) is 0.849. The van der Waals surface area contributed by atoms with Crippen molar-refractivity contribution in [2.45, 2.75) is 13.8 Å². The number of anilines is 4. The molecule has 0 unspecified atom stereocenters. The number of nitrogen functional groups attached to an aromatic ring is 4. The molecule has 6 heteroatoms. The molecule has 0 atom stereocenters. The topological polar surface area (TPSA) is 104 Å². The van der Waals surface area contributed by atoms with Gasteiger partial charge in [0.2, 0.25) is 0 Å². The highest BCUT2D eigenvalue weighted by molar-refractivity contribution is 6.45. The van der Waals surface area contributed by atoms with E-state index in [0.29, 0.717) is 21.4 Å². The summed E-state index contributed by atoms with van der Waals surface area (Å²) in [5.41, 5.74) is 32.1. The van der Waals surface area contributed by atoms with Gasteiger partial charge in [0.25, 0.3) is 0 Å². The number of hydrogen-bond donors (Lipinski definition) is 4. The number of nitrogens with two attached hydrogens (primary N) is 4. The Morgan fingerprint density at radius 2 is 0.938 bits per heavy atom. The molecule has 4 aromatic rings. The van der Waals surface area contributed by atoms with E-state index in [1.54, 1.807) is 6.07 Å². The van der Waals surface area contributed by atoms with Gasteiger partial charge in [0.05, 0.1) is 15.7 Å². The minimum Gasteiger partial charge on any atom is -0.399 e. The SMILES string of the molecule is Cc1cc(-c2ccc(N)c(C)c2)ccc1N.Nc1ccc(-c2ccc(N)c(Cl)c2Cl)cc1. The lowest BCUT2D eigenvalue weighted by atomic mass is 10.0. The Balaban J connectivity index is 0.000000181. The van der Waals surface area contributed by atoms with Crippen LogP contribution in [-0.2, 0) is 0 Å². The molecule has 0 saturated heterocycles. The normalized spacial score (nSPS) is 10.4. The van der Waals surface area contributed by atoms with Crippen LogP contribution in [0.1, 0.15) is 11.1 Å². The summed E-state index contributed by atoms with van der Waals surface area (Å²) in [5.74, 6) is 0. The fourth-order valence-corrected chi connectivity index (χ4v) is 3.61. The van der Waals surface area contributed by atoms with Crippen LogP contribution in [0.5, 0.6) is 0 Å². The van der Waals surface area contributed by atoms with Gasteiger partial charge < -0.3 is 22.9 Å². The molecule has 8 N–H and O–H groups in total. The molecule has 164 valence electrons. The minimum atomic E-state index is 0.385. The van der Waals surface area contributed by atoms with Crippen molar-refractivity contribution in [3.8, 4) is 22.3 Å². The Labute approximate surface area is 198 Å². The first-order chi connectivity index (χ1) is 15.2. The maximum absolute atomic E-state index is 6.13. The van der Waals surface area contributed by atoms with Crippen molar-refractivity contribution in [2.24, 2.45) is 0 Å². The second-order valence-corrected chi connectivity index (χ2v) is 8.35. The van der Waals surface area contributed by atoms with Gasteiger partial charge in [0, 0.05) is 22.6 Å². The Bertz CT molecular complexity index is 1200. The largest absolute Gasteiger partial charge is 0.399 e. The number of aryl methyl sites for hydroxylation is 2. The maximum Gasteiger partial charge on any atom is 0.0827 e. The third kappa shape index (κ3) is 5.28. The Morgan fingerprint density at radius 1 is 0.500 bits per heavy atom. The van der Waals surface area contributed by atoms with Gasteiger partial charge in [-0.1, -0.05) is 53.5 Å². The smallest absolute Gasteiger partial charge is 0.0827 e. The van der Waals surface area contributed by atoms with E-state index in [0.717, 1.165) is 33.6 Å². The highest BCUT2D eigenvalue weighted by atomic mass is 35.5. The molecular weight excluding hydrogens is 439 g/mol. The predicted octanol–water partition coefficient (Wildman–Crippen LogP) is 6.96. The van der Waals surface area contributed by atoms with Crippen molar-refractivity contribution in [1.82, 2.24) is 0 Å². The van der Waals surface area contributed by atoms with Gasteiger partial charge in [-0.05, 0) is 84.1 Å². The first-order valence-electron chi connectivity index (χ1n) is 9.99. The standard InChI is InChI=1S/C14H16N2.C12H10Cl2N2/c1-9-7-11(3-5-13(9)15)12-4-6-14(16)10(2)8-12;13-11-9(5-6-10(16)12(11)14)7-1-3-8(15)4-2-7/h3-8H,15-16H2,1-2H3;1-6H,15-16H2. The van der Waals surface area contributed by atoms with E-state index in [2.05, 4.69) is 12.1 Å². The second-order valence-electron chi connectivity index (χ2n) is 7.60. The molecule has 32 heavy (non-hydrogen) atoms. The van der Waals surface area contributed by atoms with Gasteiger partial charge in [0.15, 0.2) is 0 Å². The maximum atomic E-state index is 6.13.